The van der Waals surface area contributed by atoms with Crippen LogP contribution in [0.2, 0.25) is 0 Å². The first kappa shape index (κ1) is 10.7. The van der Waals surface area contributed by atoms with Gasteiger partial charge in [-0.15, -0.1) is 0 Å². The topological polar surface area (TPSA) is 25.2 Å². The number of hydrogen-bond acceptors (Lipinski definition) is 2. The maximum Gasteiger partial charge on any atom is 0.107 e. The molecule has 0 bridgehead atoms. The third-order valence-corrected chi connectivity index (χ3v) is 3.69. The summed E-state index contributed by atoms with van der Waals surface area (Å²) in [5.74, 6) is 2.86. The summed E-state index contributed by atoms with van der Waals surface area (Å²) >= 11 is 0. The SMILES string of the molecule is CNCC1c2cc(C)oc2CCC1(C)C. The average molecular weight is 207 g/mol. The maximum absolute atomic E-state index is 5.75. The van der Waals surface area contributed by atoms with Crippen molar-refractivity contribution in [2.75, 3.05) is 13.6 Å². The molecule has 0 fully saturated rings. The highest BCUT2D eigenvalue weighted by Crippen LogP contribution is 2.45. The van der Waals surface area contributed by atoms with Crippen molar-refractivity contribution in [1.29, 1.82) is 0 Å². The zero-order valence-corrected chi connectivity index (χ0v) is 10.2. The van der Waals surface area contributed by atoms with Crippen LogP contribution in [0.4, 0.5) is 0 Å². The Kier molecular flexibility index (Phi) is 2.63. The molecule has 2 heteroatoms. The number of aryl methyl sites for hydroxylation is 2. The zero-order chi connectivity index (χ0) is 11.1. The Labute approximate surface area is 92.1 Å². The van der Waals surface area contributed by atoms with Gasteiger partial charge in [0, 0.05) is 18.9 Å². The molecule has 1 aromatic rings. The highest BCUT2D eigenvalue weighted by Gasteiger charge is 2.37. The van der Waals surface area contributed by atoms with E-state index >= 15 is 0 Å². The molecule has 2 nitrogen and oxygen atoms in total. The zero-order valence-electron chi connectivity index (χ0n) is 10.2. The van der Waals surface area contributed by atoms with Crippen molar-refractivity contribution in [2.24, 2.45) is 5.41 Å². The van der Waals surface area contributed by atoms with Crippen LogP contribution < -0.4 is 5.32 Å². The van der Waals surface area contributed by atoms with E-state index in [9.17, 15) is 0 Å². The summed E-state index contributed by atoms with van der Waals surface area (Å²) in [5, 5.41) is 3.30. The van der Waals surface area contributed by atoms with Gasteiger partial charge in [-0.3, -0.25) is 0 Å². The first-order valence-corrected chi connectivity index (χ1v) is 5.78. The van der Waals surface area contributed by atoms with Crippen LogP contribution in [0.5, 0.6) is 0 Å². The average Bonchev–Trinajstić information content (AvgIpc) is 2.51. The van der Waals surface area contributed by atoms with Crippen LogP contribution in [0.15, 0.2) is 10.5 Å². The lowest BCUT2D eigenvalue weighted by Crippen LogP contribution is -2.33. The van der Waals surface area contributed by atoms with Gasteiger partial charge in [0.15, 0.2) is 0 Å². The van der Waals surface area contributed by atoms with E-state index in [0.29, 0.717) is 11.3 Å². The fraction of sp³-hybridized carbons (Fsp3) is 0.692. The molecule has 1 aromatic heterocycles. The van der Waals surface area contributed by atoms with Gasteiger partial charge in [-0.05, 0) is 37.4 Å². The Balaban J connectivity index is 2.38. The second kappa shape index (κ2) is 3.67. The van der Waals surface area contributed by atoms with E-state index < -0.39 is 0 Å². The predicted molar refractivity (Wildman–Crippen MR) is 62.2 cm³/mol. The smallest absolute Gasteiger partial charge is 0.107 e. The molecule has 0 radical (unpaired) electrons. The highest BCUT2D eigenvalue weighted by molar-refractivity contribution is 5.30. The van der Waals surface area contributed by atoms with E-state index in [0.717, 1.165) is 18.7 Å². The normalized spacial score (nSPS) is 23.9. The van der Waals surface area contributed by atoms with Crippen molar-refractivity contribution in [3.05, 3.63) is 23.2 Å². The van der Waals surface area contributed by atoms with Gasteiger partial charge >= 0.3 is 0 Å². The molecule has 0 aliphatic heterocycles. The van der Waals surface area contributed by atoms with Crippen molar-refractivity contribution < 1.29 is 4.42 Å². The number of furan rings is 1. The molecule has 0 saturated carbocycles. The van der Waals surface area contributed by atoms with Crippen LogP contribution in [0.1, 0.15) is 43.3 Å². The molecule has 2 rings (SSSR count). The van der Waals surface area contributed by atoms with Crippen molar-refractivity contribution in [3.63, 3.8) is 0 Å². The summed E-state index contributed by atoms with van der Waals surface area (Å²) in [5.41, 5.74) is 1.81. The molecule has 0 spiro atoms. The minimum absolute atomic E-state index is 0.381. The summed E-state index contributed by atoms with van der Waals surface area (Å²) in [6, 6.07) is 2.22. The quantitative estimate of drug-likeness (QED) is 0.806. The Morgan fingerprint density at radius 3 is 2.93 bits per heavy atom. The van der Waals surface area contributed by atoms with E-state index in [1.165, 1.54) is 17.7 Å². The molecule has 1 atom stereocenters. The molecule has 0 saturated heterocycles. The number of likely N-dealkylation sites (N-methyl/N-ethyl adjacent to an activating group) is 1. The third kappa shape index (κ3) is 1.83. The third-order valence-electron chi connectivity index (χ3n) is 3.69. The first-order chi connectivity index (χ1) is 7.04. The predicted octanol–water partition coefficient (Wildman–Crippen LogP) is 2.86. The van der Waals surface area contributed by atoms with Gasteiger partial charge in [0.2, 0.25) is 0 Å². The lowest BCUT2D eigenvalue weighted by Gasteiger charge is -2.38. The fourth-order valence-corrected chi connectivity index (χ4v) is 2.69. The summed E-state index contributed by atoms with van der Waals surface area (Å²) in [6.45, 7) is 7.81. The van der Waals surface area contributed by atoms with Gasteiger partial charge < -0.3 is 9.73 Å². The molecular formula is C13H21NO. The van der Waals surface area contributed by atoms with Crippen molar-refractivity contribution in [1.82, 2.24) is 5.32 Å². The van der Waals surface area contributed by atoms with Crippen LogP contribution in [0.3, 0.4) is 0 Å². The van der Waals surface area contributed by atoms with Gasteiger partial charge in [-0.25, -0.2) is 0 Å². The van der Waals surface area contributed by atoms with Crippen LogP contribution in [-0.4, -0.2) is 13.6 Å². The molecular weight excluding hydrogens is 186 g/mol. The van der Waals surface area contributed by atoms with Gasteiger partial charge in [-0.2, -0.15) is 0 Å². The van der Waals surface area contributed by atoms with Crippen LogP contribution >= 0.6 is 0 Å². The Bertz CT molecular complexity index is 351. The Morgan fingerprint density at radius 1 is 1.53 bits per heavy atom. The fourth-order valence-electron chi connectivity index (χ4n) is 2.69. The molecule has 84 valence electrons. The first-order valence-electron chi connectivity index (χ1n) is 5.78. The van der Waals surface area contributed by atoms with Crippen LogP contribution in [0.25, 0.3) is 0 Å². The molecule has 1 aliphatic rings. The molecule has 1 N–H and O–H groups in total. The monoisotopic (exact) mass is 207 g/mol. The van der Waals surface area contributed by atoms with Gasteiger partial charge in [0.25, 0.3) is 0 Å². The summed E-state index contributed by atoms with van der Waals surface area (Å²) in [4.78, 5) is 0. The molecule has 0 aromatic carbocycles. The van der Waals surface area contributed by atoms with Crippen molar-refractivity contribution >= 4 is 0 Å². The van der Waals surface area contributed by atoms with E-state index in [4.69, 9.17) is 4.42 Å². The summed E-state index contributed by atoms with van der Waals surface area (Å²) in [7, 11) is 2.03. The molecule has 1 heterocycles. The van der Waals surface area contributed by atoms with Gasteiger partial charge in [0.1, 0.15) is 11.5 Å². The van der Waals surface area contributed by atoms with Crippen molar-refractivity contribution in [2.45, 2.75) is 39.5 Å². The van der Waals surface area contributed by atoms with E-state index in [2.05, 4.69) is 25.2 Å². The number of fused-ring (bicyclic) bond motifs is 1. The van der Waals surface area contributed by atoms with E-state index in [1.54, 1.807) is 0 Å². The highest BCUT2D eigenvalue weighted by atomic mass is 16.3. The lowest BCUT2D eigenvalue weighted by molar-refractivity contribution is 0.228. The van der Waals surface area contributed by atoms with Gasteiger partial charge in [-0.1, -0.05) is 13.8 Å². The number of hydrogen-bond donors (Lipinski definition) is 1. The van der Waals surface area contributed by atoms with Crippen LogP contribution in [-0.2, 0) is 6.42 Å². The van der Waals surface area contributed by atoms with E-state index in [-0.39, 0.29) is 0 Å². The van der Waals surface area contributed by atoms with Crippen LogP contribution in [0, 0.1) is 12.3 Å². The summed E-state index contributed by atoms with van der Waals surface area (Å²) < 4.78 is 5.75. The standard InChI is InChI=1S/C13H21NO/c1-9-7-10-11(8-14-4)13(2,3)6-5-12(10)15-9/h7,11,14H,5-6,8H2,1-4H3. The Hall–Kier alpha value is -0.760. The Morgan fingerprint density at radius 2 is 2.27 bits per heavy atom. The molecule has 1 aliphatic carbocycles. The lowest BCUT2D eigenvalue weighted by atomic mass is 9.68. The second-order valence-electron chi connectivity index (χ2n) is 5.33. The molecule has 0 amide bonds. The largest absolute Gasteiger partial charge is 0.466 e. The maximum atomic E-state index is 5.75. The van der Waals surface area contributed by atoms with Gasteiger partial charge in [0.05, 0.1) is 0 Å². The minimum atomic E-state index is 0.381. The number of nitrogens with one attached hydrogen (secondary N) is 1. The number of rotatable bonds is 2. The summed E-state index contributed by atoms with van der Waals surface area (Å²) in [6.07, 6.45) is 2.32. The van der Waals surface area contributed by atoms with Crippen molar-refractivity contribution in [3.8, 4) is 0 Å². The molecule has 1 unspecified atom stereocenters. The molecule has 15 heavy (non-hydrogen) atoms. The minimum Gasteiger partial charge on any atom is -0.466 e. The van der Waals surface area contributed by atoms with E-state index in [1.807, 2.05) is 14.0 Å². The second-order valence-corrected chi connectivity index (χ2v) is 5.33.